The van der Waals surface area contributed by atoms with Gasteiger partial charge >= 0.3 is 12.4 Å². The van der Waals surface area contributed by atoms with Gasteiger partial charge in [-0.15, -0.1) is 0 Å². The highest BCUT2D eigenvalue weighted by Gasteiger charge is 2.41. The summed E-state index contributed by atoms with van der Waals surface area (Å²) in [4.78, 5) is 14.2. The maximum atomic E-state index is 13.6. The van der Waals surface area contributed by atoms with Crippen LogP contribution in [0.5, 0.6) is 0 Å². The number of ether oxygens (including phenoxy) is 1. The van der Waals surface area contributed by atoms with Crippen LogP contribution in [-0.2, 0) is 28.3 Å². The third kappa shape index (κ3) is 7.92. The summed E-state index contributed by atoms with van der Waals surface area (Å²) in [7, 11) is 1.80. The Kier molecular flexibility index (Phi) is 9.46. The van der Waals surface area contributed by atoms with Crippen molar-refractivity contribution in [2.45, 2.75) is 69.6 Å². The smallest absolute Gasteiger partial charge is 0.377 e. The molecule has 0 heterocycles. The molecule has 0 spiro atoms. The highest BCUT2D eigenvalue weighted by molar-refractivity contribution is 5.78. The van der Waals surface area contributed by atoms with E-state index >= 15 is 0 Å². The van der Waals surface area contributed by atoms with E-state index in [0.29, 0.717) is 25.0 Å². The van der Waals surface area contributed by atoms with Crippen LogP contribution in [0.15, 0.2) is 42.5 Å². The molecule has 38 heavy (non-hydrogen) atoms. The first-order valence-electron chi connectivity index (χ1n) is 12.3. The lowest BCUT2D eigenvalue weighted by atomic mass is 9.91. The maximum absolute atomic E-state index is 13.6. The van der Waals surface area contributed by atoms with Crippen molar-refractivity contribution >= 4 is 5.91 Å². The minimum Gasteiger partial charge on any atom is -0.377 e. The van der Waals surface area contributed by atoms with Gasteiger partial charge in [-0.1, -0.05) is 12.1 Å². The van der Waals surface area contributed by atoms with Gasteiger partial charge in [-0.3, -0.25) is 9.69 Å². The van der Waals surface area contributed by atoms with Gasteiger partial charge < -0.3 is 10.1 Å². The first-order valence-corrected chi connectivity index (χ1v) is 12.3. The van der Waals surface area contributed by atoms with Crippen LogP contribution in [-0.4, -0.2) is 49.2 Å². The summed E-state index contributed by atoms with van der Waals surface area (Å²) in [6, 6.07) is 7.21. The van der Waals surface area contributed by atoms with Gasteiger partial charge in [0.2, 0.25) is 5.91 Å². The lowest BCUT2D eigenvalue weighted by Crippen LogP contribution is -2.44. The quantitative estimate of drug-likeness (QED) is 0.380. The topological polar surface area (TPSA) is 41.6 Å². The molecule has 4 nitrogen and oxygen atoms in total. The van der Waals surface area contributed by atoms with Crippen molar-refractivity contribution in [3.05, 3.63) is 70.5 Å². The summed E-state index contributed by atoms with van der Waals surface area (Å²) in [5, 5.41) is 2.83. The molecule has 0 unspecified atom stereocenters. The van der Waals surface area contributed by atoms with Crippen LogP contribution in [0.4, 0.5) is 30.7 Å². The summed E-state index contributed by atoms with van der Waals surface area (Å²) in [6.45, 7) is 3.71. The highest BCUT2D eigenvalue weighted by Crippen LogP contribution is 2.40. The van der Waals surface area contributed by atoms with E-state index in [1.807, 2.05) is 18.7 Å². The predicted octanol–water partition coefficient (Wildman–Crippen LogP) is 6.19. The average molecular weight is 549 g/mol. The Labute approximate surface area is 217 Å². The Bertz CT molecular complexity index is 1050. The largest absolute Gasteiger partial charge is 0.416 e. The minimum absolute atomic E-state index is 0.0304. The highest BCUT2D eigenvalue weighted by atomic mass is 19.4. The number of hydrogen-bond acceptors (Lipinski definition) is 3. The number of nitrogens with one attached hydrogen (secondary N) is 1. The lowest BCUT2D eigenvalue weighted by Gasteiger charge is -2.32. The predicted molar refractivity (Wildman–Crippen MR) is 128 cm³/mol. The van der Waals surface area contributed by atoms with Gasteiger partial charge in [-0.05, 0) is 81.6 Å². The first-order chi connectivity index (χ1) is 17.6. The van der Waals surface area contributed by atoms with Crippen LogP contribution in [0.25, 0.3) is 0 Å². The molecular weight excluding hydrogens is 517 g/mol. The van der Waals surface area contributed by atoms with Gasteiger partial charge in [0.1, 0.15) is 5.82 Å². The molecule has 2 aromatic rings. The minimum atomic E-state index is -4.92. The molecule has 0 bridgehead atoms. The molecule has 0 radical (unpaired) electrons. The van der Waals surface area contributed by atoms with E-state index < -0.39 is 35.4 Å². The molecule has 0 aromatic heterocycles. The molecule has 2 aromatic carbocycles. The molecule has 1 fully saturated rings. The molecule has 0 aliphatic heterocycles. The van der Waals surface area contributed by atoms with Crippen molar-refractivity contribution in [1.82, 2.24) is 10.2 Å². The lowest BCUT2D eigenvalue weighted by molar-refractivity contribution is -0.143. The molecule has 11 heteroatoms. The Hall–Kier alpha value is -2.66. The molecule has 210 valence electrons. The standard InChI is InChI=1S/C27H31F7N2O2/c1-16(2)35-24(37)15-36(3)22-8-9-23(25(22)18-4-6-21(28)7-5-18)38-11-10-17-12-19(26(29,30)31)14-20(13-17)27(32,33)34/h4-7,12-14,16,22-23,25H,8-11,15H2,1-3H3,(H,35,37)/t22-,23+,25-/m1/s1. The third-order valence-corrected chi connectivity index (χ3v) is 6.60. The van der Waals surface area contributed by atoms with Crippen LogP contribution >= 0.6 is 0 Å². The Balaban J connectivity index is 1.76. The van der Waals surface area contributed by atoms with E-state index in [-0.39, 0.29) is 55.1 Å². The number of likely N-dealkylation sites (N-methyl/N-ethyl adjacent to an activating group) is 1. The first kappa shape index (κ1) is 29.9. The zero-order chi connectivity index (χ0) is 28.3. The molecule has 3 atom stereocenters. The van der Waals surface area contributed by atoms with Crippen molar-refractivity contribution < 1.29 is 40.3 Å². The van der Waals surface area contributed by atoms with Gasteiger partial charge in [0.05, 0.1) is 30.4 Å². The van der Waals surface area contributed by atoms with Crippen LogP contribution in [0.3, 0.4) is 0 Å². The Morgan fingerprint density at radius 2 is 1.58 bits per heavy atom. The molecule has 1 N–H and O–H groups in total. The molecule has 1 amide bonds. The normalized spacial score (nSPS) is 20.4. The second kappa shape index (κ2) is 12.0. The Morgan fingerprint density at radius 3 is 2.11 bits per heavy atom. The molecule has 3 rings (SSSR count). The molecular formula is C27H31F7N2O2. The summed E-state index contributed by atoms with van der Waals surface area (Å²) in [6.07, 6.45) is -9.23. The van der Waals surface area contributed by atoms with E-state index in [1.54, 1.807) is 19.2 Å². The van der Waals surface area contributed by atoms with Crippen LogP contribution < -0.4 is 5.32 Å². The number of rotatable bonds is 9. The van der Waals surface area contributed by atoms with Gasteiger partial charge in [-0.2, -0.15) is 26.3 Å². The van der Waals surface area contributed by atoms with Crippen molar-refractivity contribution in [2.24, 2.45) is 0 Å². The SMILES string of the molecule is CC(C)NC(=O)CN(C)[C@@H]1CC[C@H](OCCc2cc(C(F)(F)F)cc(C(F)(F)F)c2)[C@@H]1c1ccc(F)cc1. The fourth-order valence-corrected chi connectivity index (χ4v) is 4.95. The van der Waals surface area contributed by atoms with Crippen LogP contribution in [0, 0.1) is 5.82 Å². The number of halogens is 7. The van der Waals surface area contributed by atoms with Gasteiger partial charge in [0.15, 0.2) is 0 Å². The van der Waals surface area contributed by atoms with E-state index in [2.05, 4.69) is 5.32 Å². The third-order valence-electron chi connectivity index (χ3n) is 6.60. The van der Waals surface area contributed by atoms with Crippen LogP contribution in [0.1, 0.15) is 54.9 Å². The van der Waals surface area contributed by atoms with Crippen molar-refractivity contribution in [3.8, 4) is 0 Å². The van der Waals surface area contributed by atoms with Gasteiger partial charge in [0.25, 0.3) is 0 Å². The fourth-order valence-electron chi connectivity index (χ4n) is 4.95. The van der Waals surface area contributed by atoms with Gasteiger partial charge in [-0.25, -0.2) is 4.39 Å². The van der Waals surface area contributed by atoms with Crippen molar-refractivity contribution in [1.29, 1.82) is 0 Å². The van der Waals surface area contributed by atoms with Crippen LogP contribution in [0.2, 0.25) is 0 Å². The number of nitrogens with zero attached hydrogens (tertiary/aromatic N) is 1. The second-order valence-electron chi connectivity index (χ2n) is 9.93. The van der Waals surface area contributed by atoms with Crippen molar-refractivity contribution in [3.63, 3.8) is 0 Å². The molecule has 0 saturated heterocycles. The summed E-state index contributed by atoms with van der Waals surface area (Å²) >= 11 is 0. The van der Waals surface area contributed by atoms with E-state index in [4.69, 9.17) is 4.74 Å². The van der Waals surface area contributed by atoms with E-state index in [0.717, 1.165) is 5.56 Å². The second-order valence-corrected chi connectivity index (χ2v) is 9.93. The number of alkyl halides is 6. The number of carbonyl (C=O) groups is 1. The zero-order valence-corrected chi connectivity index (χ0v) is 21.3. The maximum Gasteiger partial charge on any atom is 0.416 e. The monoisotopic (exact) mass is 548 g/mol. The zero-order valence-electron chi connectivity index (χ0n) is 21.3. The number of benzene rings is 2. The number of carbonyl (C=O) groups excluding carboxylic acids is 1. The molecule has 1 aliphatic carbocycles. The number of hydrogen-bond donors (Lipinski definition) is 1. The van der Waals surface area contributed by atoms with Crippen molar-refractivity contribution in [2.75, 3.05) is 20.2 Å². The average Bonchev–Trinajstić information content (AvgIpc) is 3.21. The fraction of sp³-hybridized carbons (Fsp3) is 0.519. The van der Waals surface area contributed by atoms with E-state index in [9.17, 15) is 35.5 Å². The molecule has 1 saturated carbocycles. The summed E-state index contributed by atoms with van der Waals surface area (Å²) in [5.74, 6) is -0.857. The van der Waals surface area contributed by atoms with E-state index in [1.165, 1.54) is 12.1 Å². The Morgan fingerprint density at radius 1 is 1.00 bits per heavy atom. The van der Waals surface area contributed by atoms with Gasteiger partial charge in [0, 0.05) is 18.0 Å². The summed E-state index contributed by atoms with van der Waals surface area (Å²) in [5.41, 5.74) is -2.10. The molecule has 1 aliphatic rings. The number of amides is 1. The summed E-state index contributed by atoms with van der Waals surface area (Å²) < 4.78 is 98.8.